The molecule has 0 aliphatic heterocycles. The highest BCUT2D eigenvalue weighted by atomic mass is 16.5. The van der Waals surface area contributed by atoms with Gasteiger partial charge in [0.15, 0.2) is 11.6 Å². The Balaban J connectivity index is 2.70. The lowest BCUT2D eigenvalue weighted by molar-refractivity contribution is 0.137. The van der Waals surface area contributed by atoms with Crippen LogP contribution in [0, 0.1) is 5.92 Å². The molecular weight excluding hydrogens is 208 g/mol. The van der Waals surface area contributed by atoms with Crippen molar-refractivity contribution >= 4 is 11.6 Å². The molecule has 90 valence electrons. The average molecular weight is 226 g/mol. The zero-order chi connectivity index (χ0) is 12.1. The quantitative estimate of drug-likeness (QED) is 0.676. The van der Waals surface area contributed by atoms with Crippen molar-refractivity contribution in [1.82, 2.24) is 9.97 Å². The van der Waals surface area contributed by atoms with Crippen LogP contribution >= 0.6 is 0 Å². The highest BCUT2D eigenvalue weighted by molar-refractivity contribution is 5.61. The molecular formula is C10H18N4O2. The van der Waals surface area contributed by atoms with Crippen LogP contribution < -0.4 is 15.8 Å². The van der Waals surface area contributed by atoms with Crippen molar-refractivity contribution in [3.63, 3.8) is 0 Å². The van der Waals surface area contributed by atoms with Gasteiger partial charge in [0.05, 0.1) is 13.2 Å². The fourth-order valence-electron chi connectivity index (χ4n) is 1.15. The van der Waals surface area contributed by atoms with Crippen LogP contribution in [-0.4, -0.2) is 34.8 Å². The van der Waals surface area contributed by atoms with Gasteiger partial charge in [0.2, 0.25) is 5.75 Å². The van der Waals surface area contributed by atoms with Gasteiger partial charge in [0.1, 0.15) is 6.33 Å². The molecule has 6 heteroatoms. The largest absolute Gasteiger partial charge is 0.490 e. The molecule has 0 spiro atoms. The summed E-state index contributed by atoms with van der Waals surface area (Å²) in [6.45, 7) is 4.28. The van der Waals surface area contributed by atoms with Crippen LogP contribution in [0.4, 0.5) is 11.6 Å². The van der Waals surface area contributed by atoms with Crippen LogP contribution in [0.3, 0.4) is 0 Å². The second kappa shape index (κ2) is 5.50. The molecule has 0 amide bonds. The van der Waals surface area contributed by atoms with E-state index in [0.717, 1.165) is 0 Å². The third-order valence-electron chi connectivity index (χ3n) is 2.28. The summed E-state index contributed by atoms with van der Waals surface area (Å²) in [5.74, 6) is 1.35. The fraction of sp³-hybridized carbons (Fsp3) is 0.600. The fourth-order valence-corrected chi connectivity index (χ4v) is 1.15. The van der Waals surface area contributed by atoms with Gasteiger partial charge in [-0.3, -0.25) is 0 Å². The molecule has 1 unspecified atom stereocenters. The first-order chi connectivity index (χ1) is 7.56. The Morgan fingerprint density at radius 2 is 2.19 bits per heavy atom. The Kier molecular flexibility index (Phi) is 4.30. The number of nitrogens with zero attached hydrogens (tertiary/aromatic N) is 2. The SMILES string of the molecule is COc1c(N)ncnc1NCC(O)C(C)C. The van der Waals surface area contributed by atoms with E-state index in [1.165, 1.54) is 13.4 Å². The Labute approximate surface area is 94.9 Å². The van der Waals surface area contributed by atoms with Crippen molar-refractivity contribution in [2.24, 2.45) is 5.92 Å². The molecule has 0 bridgehead atoms. The van der Waals surface area contributed by atoms with Gasteiger partial charge >= 0.3 is 0 Å². The Bertz CT molecular complexity index is 344. The number of aromatic nitrogens is 2. The zero-order valence-electron chi connectivity index (χ0n) is 9.77. The van der Waals surface area contributed by atoms with E-state index in [0.29, 0.717) is 18.1 Å². The number of hydrogen-bond acceptors (Lipinski definition) is 6. The molecule has 1 atom stereocenters. The first-order valence-electron chi connectivity index (χ1n) is 5.12. The van der Waals surface area contributed by atoms with Crippen LogP contribution in [0.5, 0.6) is 5.75 Å². The number of hydrogen-bond donors (Lipinski definition) is 3. The molecule has 0 radical (unpaired) electrons. The summed E-state index contributed by atoms with van der Waals surface area (Å²) >= 11 is 0. The van der Waals surface area contributed by atoms with Gasteiger partial charge in [0.25, 0.3) is 0 Å². The van der Waals surface area contributed by atoms with Crippen molar-refractivity contribution in [2.75, 3.05) is 24.7 Å². The van der Waals surface area contributed by atoms with Crippen molar-refractivity contribution in [1.29, 1.82) is 0 Å². The lowest BCUT2D eigenvalue weighted by Crippen LogP contribution is -2.25. The first kappa shape index (κ1) is 12.5. The van der Waals surface area contributed by atoms with Gasteiger partial charge in [-0.1, -0.05) is 13.8 Å². The minimum atomic E-state index is -0.444. The number of nitrogen functional groups attached to an aromatic ring is 1. The van der Waals surface area contributed by atoms with Gasteiger partial charge in [-0.2, -0.15) is 0 Å². The molecule has 1 heterocycles. The number of nitrogens with two attached hydrogens (primary N) is 1. The van der Waals surface area contributed by atoms with Gasteiger partial charge in [-0.15, -0.1) is 0 Å². The summed E-state index contributed by atoms with van der Waals surface area (Å²) in [4.78, 5) is 7.82. The number of nitrogens with one attached hydrogen (secondary N) is 1. The van der Waals surface area contributed by atoms with Crippen LogP contribution in [0.15, 0.2) is 6.33 Å². The molecule has 0 aliphatic rings. The van der Waals surface area contributed by atoms with E-state index < -0.39 is 6.10 Å². The third kappa shape index (κ3) is 2.96. The Hall–Kier alpha value is -1.56. The molecule has 1 aromatic heterocycles. The number of aliphatic hydroxyl groups excluding tert-OH is 1. The van der Waals surface area contributed by atoms with E-state index in [1.807, 2.05) is 13.8 Å². The van der Waals surface area contributed by atoms with E-state index in [1.54, 1.807) is 0 Å². The molecule has 4 N–H and O–H groups in total. The minimum Gasteiger partial charge on any atom is -0.490 e. The molecule has 6 nitrogen and oxygen atoms in total. The standard InChI is InChI=1S/C10H18N4O2/c1-6(2)7(15)4-12-10-8(16-3)9(11)13-5-14-10/h5-7,15H,4H2,1-3H3,(H3,11,12,13,14). The van der Waals surface area contributed by atoms with Gasteiger partial charge in [-0.25, -0.2) is 9.97 Å². The summed E-state index contributed by atoms with van der Waals surface area (Å²) < 4.78 is 5.07. The van der Waals surface area contributed by atoms with Crippen LogP contribution in [0.2, 0.25) is 0 Å². The monoisotopic (exact) mass is 226 g/mol. The number of methoxy groups -OCH3 is 1. The summed E-state index contributed by atoms with van der Waals surface area (Å²) in [5.41, 5.74) is 5.62. The molecule has 0 fully saturated rings. The highest BCUT2D eigenvalue weighted by Gasteiger charge is 2.13. The zero-order valence-corrected chi connectivity index (χ0v) is 9.77. The molecule has 0 saturated carbocycles. The maximum atomic E-state index is 9.64. The van der Waals surface area contributed by atoms with Gasteiger partial charge < -0.3 is 20.9 Å². The second-order valence-corrected chi connectivity index (χ2v) is 3.83. The molecule has 1 rings (SSSR count). The maximum absolute atomic E-state index is 9.64. The van der Waals surface area contributed by atoms with Crippen molar-refractivity contribution in [3.8, 4) is 5.75 Å². The van der Waals surface area contributed by atoms with E-state index in [9.17, 15) is 5.11 Å². The van der Waals surface area contributed by atoms with Crippen LogP contribution in [-0.2, 0) is 0 Å². The summed E-state index contributed by atoms with van der Waals surface area (Å²) in [5, 5.41) is 12.6. The molecule has 0 aromatic carbocycles. The van der Waals surface area contributed by atoms with E-state index in [2.05, 4.69) is 15.3 Å². The van der Waals surface area contributed by atoms with Crippen LogP contribution in [0.25, 0.3) is 0 Å². The molecule has 0 aliphatic carbocycles. The first-order valence-corrected chi connectivity index (χ1v) is 5.12. The van der Waals surface area contributed by atoms with E-state index in [-0.39, 0.29) is 11.7 Å². The minimum absolute atomic E-state index is 0.178. The predicted octanol–water partition coefficient (Wildman–Crippen LogP) is 0.496. The normalized spacial score (nSPS) is 12.6. The summed E-state index contributed by atoms with van der Waals surface area (Å²) in [6.07, 6.45) is 0.906. The van der Waals surface area contributed by atoms with Crippen LogP contribution in [0.1, 0.15) is 13.8 Å². The lowest BCUT2D eigenvalue weighted by atomic mass is 10.1. The predicted molar refractivity (Wildman–Crippen MR) is 62.3 cm³/mol. The van der Waals surface area contributed by atoms with E-state index >= 15 is 0 Å². The second-order valence-electron chi connectivity index (χ2n) is 3.83. The number of aliphatic hydroxyl groups is 1. The molecule has 16 heavy (non-hydrogen) atoms. The lowest BCUT2D eigenvalue weighted by Gasteiger charge is -2.16. The van der Waals surface area contributed by atoms with Crippen molar-refractivity contribution in [3.05, 3.63) is 6.33 Å². The van der Waals surface area contributed by atoms with E-state index in [4.69, 9.17) is 10.5 Å². The van der Waals surface area contributed by atoms with Gasteiger partial charge in [-0.05, 0) is 5.92 Å². The highest BCUT2D eigenvalue weighted by Crippen LogP contribution is 2.26. The summed E-state index contributed by atoms with van der Waals surface area (Å²) in [6, 6.07) is 0. The Morgan fingerprint density at radius 3 is 2.75 bits per heavy atom. The Morgan fingerprint density at radius 1 is 1.50 bits per heavy atom. The number of anilines is 2. The van der Waals surface area contributed by atoms with Crippen molar-refractivity contribution < 1.29 is 9.84 Å². The molecule has 1 aromatic rings. The number of rotatable bonds is 5. The maximum Gasteiger partial charge on any atom is 0.203 e. The van der Waals surface area contributed by atoms with Gasteiger partial charge in [0, 0.05) is 6.54 Å². The molecule has 0 saturated heterocycles. The van der Waals surface area contributed by atoms with Crippen molar-refractivity contribution in [2.45, 2.75) is 20.0 Å². The smallest absolute Gasteiger partial charge is 0.203 e. The number of ether oxygens (including phenoxy) is 1. The summed E-state index contributed by atoms with van der Waals surface area (Å²) in [7, 11) is 1.50. The topological polar surface area (TPSA) is 93.3 Å². The third-order valence-corrected chi connectivity index (χ3v) is 2.28. The average Bonchev–Trinajstić information content (AvgIpc) is 2.25.